The monoisotopic (exact) mass is 556 g/mol. The van der Waals surface area contributed by atoms with Gasteiger partial charge in [-0.3, -0.25) is 14.4 Å². The highest BCUT2D eigenvalue weighted by atomic mass is 16.7. The second kappa shape index (κ2) is 11.0. The molecule has 0 bridgehead atoms. The van der Waals surface area contributed by atoms with Crippen molar-refractivity contribution in [3.05, 3.63) is 52.7 Å². The Morgan fingerprint density at radius 1 is 0.950 bits per heavy atom. The van der Waals surface area contributed by atoms with Gasteiger partial charge in [0.25, 0.3) is 0 Å². The lowest BCUT2D eigenvalue weighted by molar-refractivity contribution is -0.202. The largest absolute Gasteiger partial charge is 0.504 e. The van der Waals surface area contributed by atoms with Gasteiger partial charge in [-0.15, -0.1) is 0 Å². The number of phenolic OH excluding ortho intramolecular Hbond substituents is 1. The quantitative estimate of drug-likeness (QED) is 0.161. The molecule has 210 valence electrons. The molecule has 0 aliphatic carbocycles. The third kappa shape index (κ3) is 5.47. The number of unbranched alkanes of at least 4 members (excludes halogenated alkanes) is 1. The molecule has 0 saturated carbocycles. The van der Waals surface area contributed by atoms with Gasteiger partial charge in [-0.1, -0.05) is 12.1 Å². The highest BCUT2D eigenvalue weighted by Gasteiger charge is 2.60. The molecule has 2 aliphatic heterocycles. The summed E-state index contributed by atoms with van der Waals surface area (Å²) in [6.07, 6.45) is -5.45. The molecule has 0 amide bonds. The number of benzene rings is 2. The number of carboxylic acids is 2. The molecule has 2 aliphatic rings. The van der Waals surface area contributed by atoms with Crippen LogP contribution in [-0.4, -0.2) is 69.0 Å². The summed E-state index contributed by atoms with van der Waals surface area (Å²) in [6, 6.07) is 10.1. The zero-order chi connectivity index (χ0) is 28.6. The molecule has 5 unspecified atom stereocenters. The molecule has 3 heterocycles. The number of hydrogen-bond acceptors (Lipinski definition) is 11. The van der Waals surface area contributed by atoms with Gasteiger partial charge in [0.1, 0.15) is 23.9 Å². The molecular formula is C27H24O13. The summed E-state index contributed by atoms with van der Waals surface area (Å²) in [5, 5.41) is 39.2. The van der Waals surface area contributed by atoms with Crippen LogP contribution in [0.3, 0.4) is 0 Å². The van der Waals surface area contributed by atoms with E-state index in [0.29, 0.717) is 0 Å². The summed E-state index contributed by atoms with van der Waals surface area (Å²) < 4.78 is 27.3. The Hall–Kier alpha value is -4.46. The normalized spacial score (nSPS) is 23.3. The number of epoxide rings is 1. The van der Waals surface area contributed by atoms with Gasteiger partial charge in [0.15, 0.2) is 23.4 Å². The number of aliphatic carboxylic acids is 2. The van der Waals surface area contributed by atoms with Gasteiger partial charge in [-0.25, -0.2) is 4.79 Å². The first-order chi connectivity index (χ1) is 19.1. The average Bonchev–Trinajstić information content (AvgIpc) is 3.72. The minimum absolute atomic E-state index is 0.113. The van der Waals surface area contributed by atoms with Crippen molar-refractivity contribution in [2.45, 2.75) is 56.4 Å². The Morgan fingerprint density at radius 2 is 1.70 bits per heavy atom. The third-order valence-electron chi connectivity index (χ3n) is 6.46. The summed E-state index contributed by atoms with van der Waals surface area (Å²) in [6.45, 7) is 0. The van der Waals surface area contributed by atoms with E-state index in [1.807, 2.05) is 0 Å². The van der Waals surface area contributed by atoms with Crippen LogP contribution in [0.1, 0.15) is 25.7 Å². The number of esters is 1. The Balaban J connectivity index is 1.41. The van der Waals surface area contributed by atoms with Gasteiger partial charge in [-0.05, 0) is 43.2 Å². The number of fused-ring (bicyclic) bond motifs is 2. The number of ether oxygens (including phenoxy) is 4. The van der Waals surface area contributed by atoms with Gasteiger partial charge in [-0.2, -0.15) is 0 Å². The number of aliphatic hydroxyl groups is 1. The van der Waals surface area contributed by atoms with E-state index in [1.54, 1.807) is 18.2 Å². The summed E-state index contributed by atoms with van der Waals surface area (Å²) in [4.78, 5) is 47.8. The number of phenols is 1. The molecule has 13 nitrogen and oxygen atoms in total. The molecule has 13 heteroatoms. The van der Waals surface area contributed by atoms with E-state index in [1.165, 1.54) is 24.3 Å². The van der Waals surface area contributed by atoms with Crippen LogP contribution in [0.15, 0.2) is 51.7 Å². The van der Waals surface area contributed by atoms with Crippen molar-refractivity contribution in [3.8, 4) is 28.6 Å². The van der Waals surface area contributed by atoms with Crippen molar-refractivity contribution in [1.82, 2.24) is 0 Å². The molecule has 2 fully saturated rings. The second-order valence-electron chi connectivity index (χ2n) is 9.28. The van der Waals surface area contributed by atoms with Gasteiger partial charge in [0, 0.05) is 18.4 Å². The zero-order valence-electron chi connectivity index (χ0n) is 20.7. The van der Waals surface area contributed by atoms with Crippen LogP contribution in [-0.2, 0) is 23.9 Å². The summed E-state index contributed by atoms with van der Waals surface area (Å²) in [5.41, 5.74) is -0.297. The minimum Gasteiger partial charge on any atom is -0.504 e. The topological polar surface area (TPSA) is 203 Å². The average molecular weight is 556 g/mol. The maximum Gasteiger partial charge on any atom is 0.335 e. The van der Waals surface area contributed by atoms with Gasteiger partial charge in [0.2, 0.25) is 17.5 Å². The number of carbonyl (C=O) groups excluding carboxylic acids is 1. The van der Waals surface area contributed by atoms with Crippen LogP contribution >= 0.6 is 0 Å². The molecule has 2 aromatic carbocycles. The minimum atomic E-state index is -1.45. The molecule has 5 atom stereocenters. The van der Waals surface area contributed by atoms with Crippen LogP contribution in [0.5, 0.6) is 17.2 Å². The number of carboxylic acid groups (broad SMARTS) is 2. The number of hydrogen-bond donors (Lipinski definition) is 4. The fourth-order valence-electron chi connectivity index (χ4n) is 4.41. The SMILES string of the molecule is O=C(O)CCCCC(=O)Oc1c(-c2ccc(OC3OC(C(=O)O)C4OC4C3O)c(O)c2)oc2ccccc2c1=O. The van der Waals surface area contributed by atoms with Crippen molar-refractivity contribution in [1.29, 1.82) is 0 Å². The van der Waals surface area contributed by atoms with Crippen LogP contribution in [0.2, 0.25) is 0 Å². The molecule has 4 N–H and O–H groups in total. The Morgan fingerprint density at radius 3 is 2.42 bits per heavy atom. The highest BCUT2D eigenvalue weighted by molar-refractivity contribution is 5.84. The maximum absolute atomic E-state index is 13.2. The lowest BCUT2D eigenvalue weighted by atomic mass is 10.1. The van der Waals surface area contributed by atoms with Crippen LogP contribution in [0.4, 0.5) is 0 Å². The maximum atomic E-state index is 13.2. The standard InChI is InChI=1S/C27H24O13/c28-14-11-12(9-10-16(14)37-27-20(33)23-24(39-23)25(40-27)26(34)35)21-22(38-18(31)8-4-3-7-17(29)30)19(32)13-5-1-2-6-15(13)36-21/h1-2,5-6,9-11,20,23-25,27-28,33H,3-4,7-8H2,(H,29,30)(H,34,35). The van der Waals surface area contributed by atoms with Crippen LogP contribution in [0, 0.1) is 0 Å². The number of carbonyl (C=O) groups is 3. The first-order valence-electron chi connectivity index (χ1n) is 12.3. The van der Waals surface area contributed by atoms with Crippen LogP contribution < -0.4 is 14.9 Å². The van der Waals surface area contributed by atoms with Gasteiger partial charge >= 0.3 is 17.9 Å². The zero-order valence-corrected chi connectivity index (χ0v) is 20.7. The molecule has 3 aromatic rings. The number of para-hydroxylation sites is 1. The van der Waals surface area contributed by atoms with E-state index in [0.717, 1.165) is 0 Å². The smallest absolute Gasteiger partial charge is 0.335 e. The molecule has 40 heavy (non-hydrogen) atoms. The van der Waals surface area contributed by atoms with Gasteiger partial charge < -0.3 is 43.8 Å². The fraction of sp³-hybridized carbons (Fsp3) is 0.333. The first kappa shape index (κ1) is 27.1. The predicted molar refractivity (Wildman–Crippen MR) is 133 cm³/mol. The Labute approximate surface area is 225 Å². The van der Waals surface area contributed by atoms with Gasteiger partial charge in [0.05, 0.1) is 5.39 Å². The summed E-state index contributed by atoms with van der Waals surface area (Å²) in [7, 11) is 0. The molecule has 2 saturated heterocycles. The van der Waals surface area contributed by atoms with E-state index in [-0.39, 0.29) is 53.7 Å². The highest BCUT2D eigenvalue weighted by Crippen LogP contribution is 2.41. The van der Waals surface area contributed by atoms with E-state index < -0.39 is 65.5 Å². The van der Waals surface area contributed by atoms with E-state index in [9.17, 15) is 34.5 Å². The summed E-state index contributed by atoms with van der Waals surface area (Å²) in [5.74, 6) is -4.26. The molecule has 0 spiro atoms. The molecule has 5 rings (SSSR count). The molecular weight excluding hydrogens is 532 g/mol. The van der Waals surface area contributed by atoms with Crippen molar-refractivity contribution < 1.29 is 58.2 Å². The van der Waals surface area contributed by atoms with Crippen LogP contribution in [0.25, 0.3) is 22.3 Å². The Kier molecular flexibility index (Phi) is 7.43. The summed E-state index contributed by atoms with van der Waals surface area (Å²) >= 11 is 0. The fourth-order valence-corrected chi connectivity index (χ4v) is 4.41. The van der Waals surface area contributed by atoms with Crippen molar-refractivity contribution in [3.63, 3.8) is 0 Å². The first-order valence-corrected chi connectivity index (χ1v) is 12.3. The van der Waals surface area contributed by atoms with Crippen molar-refractivity contribution in [2.24, 2.45) is 0 Å². The van der Waals surface area contributed by atoms with E-state index >= 15 is 0 Å². The number of rotatable bonds is 10. The third-order valence-corrected chi connectivity index (χ3v) is 6.46. The lowest BCUT2D eigenvalue weighted by Crippen LogP contribution is -2.50. The molecule has 0 radical (unpaired) electrons. The second-order valence-corrected chi connectivity index (χ2v) is 9.28. The molecule has 1 aromatic heterocycles. The predicted octanol–water partition coefficient (Wildman–Crippen LogP) is 2.03. The van der Waals surface area contributed by atoms with Crippen molar-refractivity contribution >= 4 is 28.9 Å². The van der Waals surface area contributed by atoms with E-state index in [2.05, 4.69) is 0 Å². The number of aliphatic hydroxyl groups excluding tert-OH is 1. The lowest BCUT2D eigenvalue weighted by Gasteiger charge is -2.29. The van der Waals surface area contributed by atoms with Crippen molar-refractivity contribution in [2.75, 3.05) is 0 Å². The number of aromatic hydroxyl groups is 1. The Bertz CT molecular complexity index is 1530. The van der Waals surface area contributed by atoms with E-state index in [4.69, 9.17) is 28.5 Å².